The summed E-state index contributed by atoms with van der Waals surface area (Å²) >= 11 is 0. The van der Waals surface area contributed by atoms with Crippen LogP contribution in [0.2, 0.25) is 0 Å². The third-order valence-electron chi connectivity index (χ3n) is 5.33. The number of carbonyl (C=O) groups is 2. The molecule has 1 amide bonds. The summed E-state index contributed by atoms with van der Waals surface area (Å²) in [5.74, 6) is -0.745. The molecule has 0 spiro atoms. The highest BCUT2D eigenvalue weighted by Gasteiger charge is 2.42. The van der Waals surface area contributed by atoms with E-state index in [-0.39, 0.29) is 17.9 Å². The number of hydrogen-bond donors (Lipinski definition) is 2. The summed E-state index contributed by atoms with van der Waals surface area (Å²) in [7, 11) is 0. The van der Waals surface area contributed by atoms with Gasteiger partial charge in [-0.1, -0.05) is 33.1 Å². The second-order valence-corrected chi connectivity index (χ2v) is 6.67. The van der Waals surface area contributed by atoms with E-state index in [4.69, 9.17) is 0 Å². The van der Waals surface area contributed by atoms with Gasteiger partial charge in [-0.25, -0.2) is 0 Å². The molecule has 2 fully saturated rings. The average Bonchev–Trinajstić information content (AvgIpc) is 2.86. The van der Waals surface area contributed by atoms with E-state index in [0.717, 1.165) is 25.7 Å². The van der Waals surface area contributed by atoms with Crippen molar-refractivity contribution in [2.45, 2.75) is 64.8 Å². The zero-order chi connectivity index (χ0) is 14.7. The van der Waals surface area contributed by atoms with Gasteiger partial charge >= 0.3 is 5.97 Å². The first-order chi connectivity index (χ1) is 9.52. The first-order valence-electron chi connectivity index (χ1n) is 8.06. The van der Waals surface area contributed by atoms with Crippen molar-refractivity contribution < 1.29 is 14.7 Å². The van der Waals surface area contributed by atoms with Gasteiger partial charge in [0.05, 0.1) is 11.8 Å². The molecule has 2 aliphatic rings. The lowest BCUT2D eigenvalue weighted by Gasteiger charge is -2.31. The molecular formula is C16H27NO3. The first kappa shape index (κ1) is 15.3. The molecule has 2 aliphatic carbocycles. The van der Waals surface area contributed by atoms with Crippen LogP contribution in [0.25, 0.3) is 0 Å². The lowest BCUT2D eigenvalue weighted by Crippen LogP contribution is -2.45. The number of hydrogen-bond acceptors (Lipinski definition) is 2. The molecule has 0 bridgehead atoms. The molecule has 114 valence electrons. The minimum atomic E-state index is -0.808. The van der Waals surface area contributed by atoms with Crippen LogP contribution in [0.15, 0.2) is 0 Å². The van der Waals surface area contributed by atoms with Crippen LogP contribution in [0, 0.1) is 23.7 Å². The molecule has 5 unspecified atom stereocenters. The standard InChI is InChI=1S/C16H27NO3/c1-3-11-8-12(13(9-11)16(19)20)15(18)17-14-7-5-4-6-10(14)2/h10-14H,3-9H2,1-2H3,(H,17,18)(H,19,20). The molecule has 0 aliphatic heterocycles. The normalized spacial score (nSPS) is 37.6. The molecule has 0 heterocycles. The minimum Gasteiger partial charge on any atom is -0.481 e. The monoisotopic (exact) mass is 281 g/mol. The van der Waals surface area contributed by atoms with Crippen LogP contribution in [0.1, 0.15) is 58.8 Å². The van der Waals surface area contributed by atoms with Gasteiger partial charge in [-0.3, -0.25) is 9.59 Å². The Morgan fingerprint density at radius 2 is 1.80 bits per heavy atom. The van der Waals surface area contributed by atoms with E-state index in [1.165, 1.54) is 12.8 Å². The average molecular weight is 281 g/mol. The largest absolute Gasteiger partial charge is 0.481 e. The van der Waals surface area contributed by atoms with Gasteiger partial charge in [0.1, 0.15) is 0 Å². The summed E-state index contributed by atoms with van der Waals surface area (Å²) in [5, 5.41) is 12.5. The molecule has 0 saturated heterocycles. The van der Waals surface area contributed by atoms with Crippen molar-refractivity contribution >= 4 is 11.9 Å². The van der Waals surface area contributed by atoms with E-state index >= 15 is 0 Å². The molecule has 2 N–H and O–H groups in total. The predicted molar refractivity (Wildman–Crippen MR) is 77.2 cm³/mol. The fourth-order valence-electron chi connectivity index (χ4n) is 3.86. The quantitative estimate of drug-likeness (QED) is 0.832. The van der Waals surface area contributed by atoms with Crippen LogP contribution in [0.5, 0.6) is 0 Å². The Kier molecular flexibility index (Phi) is 5.06. The minimum absolute atomic E-state index is 0.0212. The predicted octanol–water partition coefficient (Wildman–Crippen LogP) is 2.82. The maximum Gasteiger partial charge on any atom is 0.307 e. The Morgan fingerprint density at radius 1 is 1.15 bits per heavy atom. The van der Waals surface area contributed by atoms with Crippen molar-refractivity contribution in [3.8, 4) is 0 Å². The molecule has 4 nitrogen and oxygen atoms in total. The number of nitrogens with one attached hydrogen (secondary N) is 1. The number of aliphatic carboxylic acids is 1. The summed E-state index contributed by atoms with van der Waals surface area (Å²) in [5.41, 5.74) is 0. The van der Waals surface area contributed by atoms with E-state index < -0.39 is 11.9 Å². The van der Waals surface area contributed by atoms with Gasteiger partial charge < -0.3 is 10.4 Å². The zero-order valence-corrected chi connectivity index (χ0v) is 12.6. The SMILES string of the molecule is CCC1CC(C(=O)O)C(C(=O)NC2CCCCC2C)C1. The van der Waals surface area contributed by atoms with Crippen molar-refractivity contribution in [1.82, 2.24) is 5.32 Å². The van der Waals surface area contributed by atoms with Crippen LogP contribution < -0.4 is 5.32 Å². The third kappa shape index (κ3) is 3.33. The van der Waals surface area contributed by atoms with E-state index in [9.17, 15) is 14.7 Å². The lowest BCUT2D eigenvalue weighted by molar-refractivity contribution is -0.146. The Bertz CT molecular complexity index is 369. The Morgan fingerprint density at radius 3 is 2.40 bits per heavy atom. The van der Waals surface area contributed by atoms with Gasteiger partial charge in [-0.15, -0.1) is 0 Å². The van der Waals surface area contributed by atoms with Crippen LogP contribution in [-0.4, -0.2) is 23.0 Å². The summed E-state index contributed by atoms with van der Waals surface area (Å²) in [6, 6.07) is 0.242. The van der Waals surface area contributed by atoms with Crippen molar-refractivity contribution in [2.75, 3.05) is 0 Å². The van der Waals surface area contributed by atoms with E-state index in [1.807, 2.05) is 0 Å². The van der Waals surface area contributed by atoms with Gasteiger partial charge in [-0.2, -0.15) is 0 Å². The number of rotatable bonds is 4. The van der Waals surface area contributed by atoms with Gasteiger partial charge in [0.15, 0.2) is 0 Å². The topological polar surface area (TPSA) is 66.4 Å². The van der Waals surface area contributed by atoms with Crippen molar-refractivity contribution in [3.63, 3.8) is 0 Å². The molecule has 0 aromatic carbocycles. The second-order valence-electron chi connectivity index (χ2n) is 6.67. The van der Waals surface area contributed by atoms with Gasteiger partial charge in [0.2, 0.25) is 5.91 Å². The number of carboxylic acid groups (broad SMARTS) is 1. The molecule has 0 aromatic rings. The van der Waals surface area contributed by atoms with Crippen LogP contribution >= 0.6 is 0 Å². The van der Waals surface area contributed by atoms with Crippen molar-refractivity contribution in [3.05, 3.63) is 0 Å². The molecular weight excluding hydrogens is 254 g/mol. The Labute approximate surface area is 121 Å². The van der Waals surface area contributed by atoms with Crippen LogP contribution in [0.3, 0.4) is 0 Å². The molecule has 0 radical (unpaired) electrons. The van der Waals surface area contributed by atoms with E-state index in [2.05, 4.69) is 19.2 Å². The molecule has 2 rings (SSSR count). The molecule has 20 heavy (non-hydrogen) atoms. The highest BCUT2D eigenvalue weighted by Crippen LogP contribution is 2.39. The summed E-state index contributed by atoms with van der Waals surface area (Å²) in [6.45, 7) is 4.26. The fourth-order valence-corrected chi connectivity index (χ4v) is 3.86. The van der Waals surface area contributed by atoms with Gasteiger partial charge in [0.25, 0.3) is 0 Å². The number of carbonyl (C=O) groups excluding carboxylic acids is 1. The Hall–Kier alpha value is -1.06. The highest BCUT2D eigenvalue weighted by molar-refractivity contribution is 5.85. The van der Waals surface area contributed by atoms with Crippen LogP contribution in [-0.2, 0) is 9.59 Å². The van der Waals surface area contributed by atoms with Crippen molar-refractivity contribution in [2.24, 2.45) is 23.7 Å². The number of carboxylic acids is 1. The lowest BCUT2D eigenvalue weighted by atomic mass is 9.85. The molecule has 2 saturated carbocycles. The maximum absolute atomic E-state index is 12.5. The van der Waals surface area contributed by atoms with Crippen molar-refractivity contribution in [1.29, 1.82) is 0 Å². The summed E-state index contributed by atoms with van der Waals surface area (Å²) < 4.78 is 0. The van der Waals surface area contributed by atoms with Crippen LogP contribution in [0.4, 0.5) is 0 Å². The Balaban J connectivity index is 1.98. The second kappa shape index (κ2) is 6.59. The first-order valence-corrected chi connectivity index (χ1v) is 8.06. The zero-order valence-electron chi connectivity index (χ0n) is 12.6. The smallest absolute Gasteiger partial charge is 0.307 e. The molecule has 0 aromatic heterocycles. The van der Waals surface area contributed by atoms with E-state index in [0.29, 0.717) is 18.3 Å². The third-order valence-corrected chi connectivity index (χ3v) is 5.33. The fraction of sp³-hybridized carbons (Fsp3) is 0.875. The molecule has 5 atom stereocenters. The number of amides is 1. The van der Waals surface area contributed by atoms with E-state index in [1.54, 1.807) is 0 Å². The highest BCUT2D eigenvalue weighted by atomic mass is 16.4. The molecule has 4 heteroatoms. The maximum atomic E-state index is 12.5. The van der Waals surface area contributed by atoms with Gasteiger partial charge in [-0.05, 0) is 37.5 Å². The van der Waals surface area contributed by atoms with Gasteiger partial charge in [0, 0.05) is 6.04 Å². The summed E-state index contributed by atoms with van der Waals surface area (Å²) in [6.07, 6.45) is 6.97. The summed E-state index contributed by atoms with van der Waals surface area (Å²) in [4.78, 5) is 23.8.